The molecular formula is C19H28BNO2Si. The second-order valence-corrected chi connectivity index (χ2v) is 13.5. The standard InChI is InChI=1S/C19H28BNO2Si/c1-14(2)24(15(3)4,16(5)6)21-12-11-17(13-21)20-22-18-9-7-8-10-19(18)23-20/h7-16H,1-6H3. The van der Waals surface area contributed by atoms with Crippen molar-refractivity contribution in [3.05, 3.63) is 42.7 Å². The Labute approximate surface area is 147 Å². The SMILES string of the molecule is CC(C)[Si](C(C)C)(C(C)C)n1ccc(B2Oc3ccccc3O2)c1. The molecule has 5 heteroatoms. The van der Waals surface area contributed by atoms with Gasteiger partial charge in [0.05, 0.1) is 0 Å². The molecule has 1 aromatic carbocycles. The van der Waals surface area contributed by atoms with Crippen molar-refractivity contribution in [2.75, 3.05) is 0 Å². The molecule has 0 bridgehead atoms. The predicted octanol–water partition coefficient (Wildman–Crippen LogP) is 4.68. The van der Waals surface area contributed by atoms with Gasteiger partial charge in [-0.1, -0.05) is 53.7 Å². The third-order valence-electron chi connectivity index (χ3n) is 5.53. The topological polar surface area (TPSA) is 23.4 Å². The molecule has 0 amide bonds. The number of nitrogens with zero attached hydrogens (tertiary/aromatic N) is 1. The highest BCUT2D eigenvalue weighted by Gasteiger charge is 2.46. The van der Waals surface area contributed by atoms with Crippen LogP contribution in [-0.4, -0.2) is 19.6 Å². The maximum Gasteiger partial charge on any atom is 0.634 e. The van der Waals surface area contributed by atoms with Crippen LogP contribution in [-0.2, 0) is 0 Å². The minimum atomic E-state index is -1.71. The van der Waals surface area contributed by atoms with E-state index in [-0.39, 0.29) is 7.12 Å². The first-order valence-electron chi connectivity index (χ1n) is 8.98. The molecule has 1 aliphatic rings. The Morgan fingerprint density at radius 1 is 0.833 bits per heavy atom. The van der Waals surface area contributed by atoms with E-state index in [0.29, 0.717) is 16.6 Å². The van der Waals surface area contributed by atoms with Crippen LogP contribution in [0.3, 0.4) is 0 Å². The molecule has 0 radical (unpaired) electrons. The third-order valence-corrected chi connectivity index (χ3v) is 12.2. The van der Waals surface area contributed by atoms with Gasteiger partial charge in [0.2, 0.25) is 0 Å². The summed E-state index contributed by atoms with van der Waals surface area (Å²) in [7, 11) is -2.04. The summed E-state index contributed by atoms with van der Waals surface area (Å²) in [5.41, 5.74) is 3.10. The van der Waals surface area contributed by atoms with Crippen molar-refractivity contribution in [2.45, 2.75) is 58.2 Å². The molecule has 1 aliphatic heterocycles. The first-order valence-corrected chi connectivity index (χ1v) is 11.2. The lowest BCUT2D eigenvalue weighted by molar-refractivity contribution is 0.519. The zero-order valence-corrected chi connectivity index (χ0v) is 16.6. The van der Waals surface area contributed by atoms with Crippen molar-refractivity contribution in [2.24, 2.45) is 0 Å². The van der Waals surface area contributed by atoms with Crippen LogP contribution in [0.5, 0.6) is 11.5 Å². The zero-order valence-electron chi connectivity index (χ0n) is 15.6. The van der Waals surface area contributed by atoms with Crippen LogP contribution in [0, 0.1) is 0 Å². The number of hydrogen-bond donors (Lipinski definition) is 0. The Hall–Kier alpha value is -1.62. The molecule has 0 atom stereocenters. The van der Waals surface area contributed by atoms with Gasteiger partial charge < -0.3 is 13.5 Å². The Morgan fingerprint density at radius 3 is 1.79 bits per heavy atom. The zero-order chi connectivity index (χ0) is 17.5. The molecule has 0 saturated carbocycles. The molecule has 3 nitrogen and oxygen atoms in total. The van der Waals surface area contributed by atoms with Crippen molar-refractivity contribution in [3.8, 4) is 11.5 Å². The van der Waals surface area contributed by atoms with E-state index in [4.69, 9.17) is 9.31 Å². The summed E-state index contributed by atoms with van der Waals surface area (Å²) in [5, 5.41) is 0. The summed E-state index contributed by atoms with van der Waals surface area (Å²) < 4.78 is 14.5. The Kier molecular flexibility index (Phi) is 4.56. The summed E-state index contributed by atoms with van der Waals surface area (Å²) in [5.74, 6) is 1.66. The second kappa shape index (κ2) is 6.36. The molecule has 2 aromatic rings. The first-order chi connectivity index (χ1) is 11.4. The fourth-order valence-electron chi connectivity index (χ4n) is 4.72. The highest BCUT2D eigenvalue weighted by atomic mass is 28.3. The summed E-state index contributed by atoms with van der Waals surface area (Å²) in [6.07, 6.45) is 4.51. The minimum absolute atomic E-state index is 0.332. The smallest absolute Gasteiger partial charge is 0.519 e. The van der Waals surface area contributed by atoms with Crippen LogP contribution in [0.1, 0.15) is 41.5 Å². The largest absolute Gasteiger partial charge is 0.634 e. The van der Waals surface area contributed by atoms with Crippen molar-refractivity contribution < 1.29 is 9.31 Å². The van der Waals surface area contributed by atoms with Crippen molar-refractivity contribution in [3.63, 3.8) is 0 Å². The number of hydrogen-bond acceptors (Lipinski definition) is 2. The minimum Gasteiger partial charge on any atom is -0.519 e. The van der Waals surface area contributed by atoms with Gasteiger partial charge in [-0.05, 0) is 47.2 Å². The van der Waals surface area contributed by atoms with Crippen molar-refractivity contribution in [1.29, 1.82) is 0 Å². The molecule has 0 fully saturated rings. The van der Waals surface area contributed by atoms with Crippen LogP contribution in [0.25, 0.3) is 0 Å². The predicted molar refractivity (Wildman–Crippen MR) is 104 cm³/mol. The molecule has 1 aromatic heterocycles. The molecule has 0 unspecified atom stereocenters. The van der Waals surface area contributed by atoms with Crippen LogP contribution in [0.15, 0.2) is 42.7 Å². The van der Waals surface area contributed by atoms with Gasteiger partial charge >= 0.3 is 7.12 Å². The highest BCUT2D eigenvalue weighted by Crippen LogP contribution is 2.42. The van der Waals surface area contributed by atoms with Gasteiger partial charge in [0, 0.05) is 5.46 Å². The molecule has 2 heterocycles. The molecule has 3 rings (SSSR count). The number of aromatic nitrogens is 1. The van der Waals surface area contributed by atoms with Gasteiger partial charge in [0.15, 0.2) is 8.24 Å². The molecule has 0 aliphatic carbocycles. The van der Waals surface area contributed by atoms with E-state index in [2.05, 4.69) is 64.2 Å². The van der Waals surface area contributed by atoms with Crippen molar-refractivity contribution in [1.82, 2.24) is 4.23 Å². The van der Waals surface area contributed by atoms with E-state index in [1.54, 1.807) is 0 Å². The molecule has 0 spiro atoms. The van der Waals surface area contributed by atoms with E-state index in [1.807, 2.05) is 24.3 Å². The van der Waals surface area contributed by atoms with E-state index >= 15 is 0 Å². The van der Waals surface area contributed by atoms with Crippen LogP contribution < -0.4 is 14.8 Å². The van der Waals surface area contributed by atoms with E-state index < -0.39 is 8.24 Å². The van der Waals surface area contributed by atoms with Gasteiger partial charge in [-0.15, -0.1) is 0 Å². The van der Waals surface area contributed by atoms with E-state index in [1.165, 1.54) is 0 Å². The Bertz CT molecular complexity index is 664. The van der Waals surface area contributed by atoms with Gasteiger partial charge in [0.1, 0.15) is 11.5 Å². The van der Waals surface area contributed by atoms with Gasteiger partial charge in [-0.25, -0.2) is 0 Å². The number of rotatable bonds is 5. The fraction of sp³-hybridized carbons (Fsp3) is 0.474. The lowest BCUT2D eigenvalue weighted by Gasteiger charge is -2.44. The van der Waals surface area contributed by atoms with Crippen molar-refractivity contribution >= 4 is 20.8 Å². The van der Waals surface area contributed by atoms with Crippen LogP contribution in [0.4, 0.5) is 0 Å². The number of para-hydroxylation sites is 2. The molecular weight excluding hydrogens is 313 g/mol. The van der Waals surface area contributed by atoms with Gasteiger partial charge in [0.25, 0.3) is 0 Å². The average molecular weight is 341 g/mol. The summed E-state index contributed by atoms with van der Waals surface area (Å²) in [4.78, 5) is 0. The normalized spacial score (nSPS) is 14.3. The van der Waals surface area contributed by atoms with Gasteiger partial charge in [-0.3, -0.25) is 0 Å². The monoisotopic (exact) mass is 341 g/mol. The van der Waals surface area contributed by atoms with Crippen LogP contribution >= 0.6 is 0 Å². The van der Waals surface area contributed by atoms with E-state index in [0.717, 1.165) is 17.0 Å². The average Bonchev–Trinajstić information content (AvgIpc) is 3.12. The quantitative estimate of drug-likeness (QED) is 0.737. The third kappa shape index (κ3) is 2.59. The maximum atomic E-state index is 5.98. The summed E-state index contributed by atoms with van der Waals surface area (Å²) in [6, 6.07) is 10.0. The fourth-order valence-corrected chi connectivity index (χ4v) is 11.2. The van der Waals surface area contributed by atoms with E-state index in [9.17, 15) is 0 Å². The first kappa shape index (κ1) is 17.2. The number of fused-ring (bicyclic) bond motifs is 1. The summed E-state index contributed by atoms with van der Waals surface area (Å²) in [6.45, 7) is 14.3. The lowest BCUT2D eigenvalue weighted by atomic mass is 9.82. The van der Waals surface area contributed by atoms with Gasteiger partial charge in [-0.2, -0.15) is 0 Å². The molecule has 0 N–H and O–H groups in total. The second-order valence-electron chi connectivity index (χ2n) is 7.72. The number of benzene rings is 1. The van der Waals surface area contributed by atoms with Crippen LogP contribution in [0.2, 0.25) is 16.6 Å². The molecule has 128 valence electrons. The Morgan fingerprint density at radius 2 is 1.33 bits per heavy atom. The molecule has 24 heavy (non-hydrogen) atoms. The molecule has 0 saturated heterocycles. The maximum absolute atomic E-state index is 5.98. The highest BCUT2D eigenvalue weighted by molar-refractivity contribution is 6.82. The summed E-state index contributed by atoms with van der Waals surface area (Å²) >= 11 is 0. The lowest BCUT2D eigenvalue weighted by Crippen LogP contribution is -2.52. The Balaban J connectivity index is 1.93.